The highest BCUT2D eigenvalue weighted by Crippen LogP contribution is 2.41. The van der Waals surface area contributed by atoms with E-state index in [0.717, 1.165) is 15.8 Å². The minimum Gasteiger partial charge on any atom is -0.452 e. The van der Waals surface area contributed by atoms with Crippen LogP contribution in [0.1, 0.15) is 39.3 Å². The molecule has 190 valence electrons. The number of carbonyl (C=O) groups is 4. The number of amides is 4. The fourth-order valence-electron chi connectivity index (χ4n) is 4.77. The number of benzene rings is 2. The second-order valence-electron chi connectivity index (χ2n) is 9.01. The van der Waals surface area contributed by atoms with Crippen molar-refractivity contribution in [3.63, 3.8) is 0 Å². The molecule has 1 unspecified atom stereocenters. The molecular weight excluding hydrogens is 490 g/mol. The van der Waals surface area contributed by atoms with Crippen molar-refractivity contribution < 1.29 is 23.9 Å². The largest absolute Gasteiger partial charge is 0.452 e. The summed E-state index contributed by atoms with van der Waals surface area (Å²) in [6.07, 6.45) is 4.77. The number of piperidine rings is 1. The van der Waals surface area contributed by atoms with Crippen LogP contribution in [0, 0.1) is 6.92 Å². The highest BCUT2D eigenvalue weighted by Gasteiger charge is 2.45. The third kappa shape index (κ3) is 3.65. The summed E-state index contributed by atoms with van der Waals surface area (Å²) in [4.78, 5) is 60.1. The lowest BCUT2D eigenvalue weighted by Gasteiger charge is -2.27. The molecule has 1 fully saturated rings. The first-order chi connectivity index (χ1) is 18.3. The molecule has 2 aliphatic rings. The number of anilines is 2. The number of hydrogen-bond acceptors (Lipinski definition) is 9. The number of ether oxygens (including phenoxy) is 1. The Morgan fingerprint density at radius 1 is 1.05 bits per heavy atom. The summed E-state index contributed by atoms with van der Waals surface area (Å²) in [5.74, 6) is -1.41. The number of hydrogen-bond donors (Lipinski definition) is 2. The Morgan fingerprint density at radius 2 is 1.89 bits per heavy atom. The standard InChI is InChI=1S/C26H21N7O5/c1-13-20(11-27-12-28-13)38-19-8-6-17-15(10-29-32(17)2)23(19)30-16-5-3-4-14-22(16)26(37)33(25(14)36)18-7-9-21(34)31-24(18)35/h3-6,8,10-12,18,30H,7,9H2,1-2H3,(H,31,34,35). The van der Waals surface area contributed by atoms with Crippen LogP contribution in [-0.2, 0) is 16.6 Å². The molecule has 4 aromatic rings. The Hall–Kier alpha value is -5.13. The molecule has 0 saturated carbocycles. The van der Waals surface area contributed by atoms with Crippen molar-refractivity contribution in [2.45, 2.75) is 25.8 Å². The van der Waals surface area contributed by atoms with E-state index in [9.17, 15) is 19.2 Å². The van der Waals surface area contributed by atoms with Gasteiger partial charge in [-0.1, -0.05) is 6.07 Å². The molecule has 0 radical (unpaired) electrons. The Bertz CT molecular complexity index is 1680. The summed E-state index contributed by atoms with van der Waals surface area (Å²) in [7, 11) is 1.81. The number of imide groups is 2. The number of carbonyl (C=O) groups excluding carboxylic acids is 4. The summed E-state index contributed by atoms with van der Waals surface area (Å²) in [6.45, 7) is 1.80. The fraction of sp³-hybridized carbons (Fsp3) is 0.192. The van der Waals surface area contributed by atoms with Gasteiger partial charge < -0.3 is 10.1 Å². The molecule has 12 nitrogen and oxygen atoms in total. The topological polar surface area (TPSA) is 148 Å². The van der Waals surface area contributed by atoms with Crippen LogP contribution in [-0.4, -0.2) is 54.3 Å². The van der Waals surface area contributed by atoms with Crippen LogP contribution in [0.5, 0.6) is 11.5 Å². The van der Waals surface area contributed by atoms with Gasteiger partial charge in [0, 0.05) is 18.9 Å². The molecular formula is C26H21N7O5. The molecule has 2 N–H and O–H groups in total. The highest BCUT2D eigenvalue weighted by molar-refractivity contribution is 6.26. The van der Waals surface area contributed by atoms with Gasteiger partial charge in [0.2, 0.25) is 11.8 Å². The van der Waals surface area contributed by atoms with Crippen LogP contribution in [0.15, 0.2) is 49.1 Å². The molecule has 0 spiro atoms. The van der Waals surface area contributed by atoms with E-state index >= 15 is 0 Å². The van der Waals surface area contributed by atoms with Crippen molar-refractivity contribution in [1.82, 2.24) is 30.0 Å². The summed E-state index contributed by atoms with van der Waals surface area (Å²) < 4.78 is 7.87. The minimum atomic E-state index is -1.06. The Labute approximate surface area is 215 Å². The van der Waals surface area contributed by atoms with E-state index in [4.69, 9.17) is 4.74 Å². The van der Waals surface area contributed by atoms with Gasteiger partial charge >= 0.3 is 0 Å². The van der Waals surface area contributed by atoms with Gasteiger partial charge in [-0.05, 0) is 37.6 Å². The van der Waals surface area contributed by atoms with Gasteiger partial charge in [-0.25, -0.2) is 9.97 Å². The lowest BCUT2D eigenvalue weighted by molar-refractivity contribution is -0.136. The van der Waals surface area contributed by atoms with Crippen LogP contribution >= 0.6 is 0 Å². The predicted molar refractivity (Wildman–Crippen MR) is 134 cm³/mol. The van der Waals surface area contributed by atoms with Crippen molar-refractivity contribution >= 4 is 45.9 Å². The molecule has 2 aliphatic heterocycles. The Kier molecular flexibility index (Phi) is 5.37. The van der Waals surface area contributed by atoms with E-state index in [0.29, 0.717) is 28.6 Å². The summed E-state index contributed by atoms with van der Waals surface area (Å²) in [6, 6.07) is 7.43. The molecule has 1 atom stereocenters. The third-order valence-electron chi connectivity index (χ3n) is 6.71. The van der Waals surface area contributed by atoms with Gasteiger partial charge in [0.15, 0.2) is 11.5 Å². The SMILES string of the molecule is Cc1ncncc1Oc1ccc2c(cnn2C)c1Nc1cccc2c1C(=O)N(C1CCC(=O)NC1=O)C2=O. The molecule has 4 heterocycles. The van der Waals surface area contributed by atoms with Gasteiger partial charge in [-0.3, -0.25) is 34.1 Å². The second kappa shape index (κ2) is 8.76. The van der Waals surface area contributed by atoms with Crippen molar-refractivity contribution in [2.75, 3.05) is 5.32 Å². The lowest BCUT2D eigenvalue weighted by Crippen LogP contribution is -2.54. The van der Waals surface area contributed by atoms with Crippen LogP contribution in [0.2, 0.25) is 0 Å². The number of nitrogens with one attached hydrogen (secondary N) is 2. The molecule has 0 aliphatic carbocycles. The minimum absolute atomic E-state index is 0.0429. The van der Waals surface area contributed by atoms with E-state index in [-0.39, 0.29) is 24.0 Å². The zero-order valence-corrected chi connectivity index (χ0v) is 20.4. The molecule has 6 rings (SSSR count). The maximum atomic E-state index is 13.6. The van der Waals surface area contributed by atoms with Crippen molar-refractivity contribution in [1.29, 1.82) is 0 Å². The van der Waals surface area contributed by atoms with E-state index in [1.165, 1.54) is 6.33 Å². The van der Waals surface area contributed by atoms with Gasteiger partial charge in [-0.2, -0.15) is 5.10 Å². The van der Waals surface area contributed by atoms with E-state index in [1.807, 2.05) is 13.1 Å². The quantitative estimate of drug-likeness (QED) is 0.386. The first kappa shape index (κ1) is 23.3. The number of fused-ring (bicyclic) bond motifs is 2. The van der Waals surface area contributed by atoms with E-state index < -0.39 is 29.7 Å². The van der Waals surface area contributed by atoms with E-state index in [1.54, 1.807) is 48.3 Å². The lowest BCUT2D eigenvalue weighted by atomic mass is 10.0. The Balaban J connectivity index is 1.42. The summed E-state index contributed by atoms with van der Waals surface area (Å²) in [5, 5.41) is 10.6. The van der Waals surface area contributed by atoms with Gasteiger partial charge in [0.1, 0.15) is 12.4 Å². The molecule has 12 heteroatoms. The van der Waals surface area contributed by atoms with Crippen molar-refractivity contribution in [2.24, 2.45) is 7.05 Å². The maximum Gasteiger partial charge on any atom is 0.264 e. The monoisotopic (exact) mass is 511 g/mol. The average molecular weight is 511 g/mol. The van der Waals surface area contributed by atoms with Gasteiger partial charge in [0.05, 0.1) is 46.1 Å². The van der Waals surface area contributed by atoms with Crippen LogP contribution in [0.4, 0.5) is 11.4 Å². The zero-order valence-electron chi connectivity index (χ0n) is 20.4. The van der Waals surface area contributed by atoms with Crippen LogP contribution in [0.25, 0.3) is 10.9 Å². The molecule has 2 aromatic heterocycles. The van der Waals surface area contributed by atoms with Crippen LogP contribution < -0.4 is 15.4 Å². The first-order valence-corrected chi connectivity index (χ1v) is 11.8. The zero-order chi connectivity index (χ0) is 26.6. The average Bonchev–Trinajstić information content (AvgIpc) is 3.39. The predicted octanol–water partition coefficient (Wildman–Crippen LogP) is 2.61. The number of aromatic nitrogens is 4. The van der Waals surface area contributed by atoms with Crippen molar-refractivity contribution in [3.8, 4) is 11.5 Å². The summed E-state index contributed by atoms with van der Waals surface area (Å²) in [5.41, 5.74) is 2.62. The Morgan fingerprint density at radius 3 is 2.68 bits per heavy atom. The normalized spacial score (nSPS) is 17.1. The van der Waals surface area contributed by atoms with Gasteiger partial charge in [0.25, 0.3) is 11.8 Å². The maximum absolute atomic E-state index is 13.6. The number of aryl methyl sites for hydroxylation is 2. The fourth-order valence-corrected chi connectivity index (χ4v) is 4.77. The number of rotatable bonds is 5. The van der Waals surface area contributed by atoms with Gasteiger partial charge in [-0.15, -0.1) is 0 Å². The van der Waals surface area contributed by atoms with Crippen molar-refractivity contribution in [3.05, 3.63) is 65.9 Å². The molecule has 2 aromatic carbocycles. The molecule has 38 heavy (non-hydrogen) atoms. The first-order valence-electron chi connectivity index (χ1n) is 11.8. The summed E-state index contributed by atoms with van der Waals surface area (Å²) >= 11 is 0. The third-order valence-corrected chi connectivity index (χ3v) is 6.71. The molecule has 4 amide bonds. The molecule has 1 saturated heterocycles. The van der Waals surface area contributed by atoms with E-state index in [2.05, 4.69) is 25.7 Å². The van der Waals surface area contributed by atoms with Crippen LogP contribution in [0.3, 0.4) is 0 Å². The second-order valence-corrected chi connectivity index (χ2v) is 9.01. The number of nitrogens with zero attached hydrogens (tertiary/aromatic N) is 5. The smallest absolute Gasteiger partial charge is 0.264 e. The molecule has 0 bridgehead atoms. The highest BCUT2D eigenvalue weighted by atomic mass is 16.5.